The summed E-state index contributed by atoms with van der Waals surface area (Å²) in [7, 11) is 0. The first-order valence-electron chi connectivity index (χ1n) is 10.6. The van der Waals surface area contributed by atoms with E-state index in [0.29, 0.717) is 34.8 Å². The van der Waals surface area contributed by atoms with Gasteiger partial charge in [-0.1, -0.05) is 35.3 Å². The molecule has 0 unspecified atom stereocenters. The first kappa shape index (κ1) is 22.1. The second-order valence-electron chi connectivity index (χ2n) is 7.85. The van der Waals surface area contributed by atoms with Gasteiger partial charge in [-0.2, -0.15) is 0 Å². The Labute approximate surface area is 205 Å². The summed E-state index contributed by atoms with van der Waals surface area (Å²) in [6, 6.07) is 19.2. The fraction of sp³-hybridized carbons (Fsp3) is 0.120. The zero-order chi connectivity index (χ0) is 23.8. The summed E-state index contributed by atoms with van der Waals surface area (Å²) in [6.07, 6.45) is 0.581. The lowest BCUT2D eigenvalue weighted by atomic mass is 10.1. The fourth-order valence-electron chi connectivity index (χ4n) is 4.03. The number of benzene rings is 3. The molecular formula is C25H19Cl2N5O2. The molecule has 0 saturated carbocycles. The maximum absolute atomic E-state index is 13.5. The van der Waals surface area contributed by atoms with Gasteiger partial charge < -0.3 is 10.2 Å². The molecule has 0 saturated heterocycles. The average Bonchev–Trinajstić information content (AvgIpc) is 3.10. The highest BCUT2D eigenvalue weighted by Gasteiger charge is 2.26. The Balaban J connectivity index is 1.38. The molecule has 2 amide bonds. The van der Waals surface area contributed by atoms with E-state index < -0.39 is 0 Å². The molecule has 3 aromatic carbocycles. The predicted octanol–water partition coefficient (Wildman–Crippen LogP) is 5.34. The molecule has 1 aromatic heterocycles. The maximum atomic E-state index is 13.5. The van der Waals surface area contributed by atoms with Crippen molar-refractivity contribution in [2.75, 3.05) is 16.8 Å². The Morgan fingerprint density at radius 2 is 1.68 bits per heavy atom. The van der Waals surface area contributed by atoms with E-state index in [9.17, 15) is 9.59 Å². The largest absolute Gasteiger partial charge is 0.322 e. The number of carbonyl (C=O) groups excluding carboxylic acids is 2. The highest BCUT2D eigenvalue weighted by molar-refractivity contribution is 6.37. The number of aromatic nitrogens is 3. The SMILES string of the molecule is Cc1nnc2n1-c1ccccc1N(C(=O)c1ccc(NC(=O)c3ccc(Cl)cc3Cl)cc1)CC2. The van der Waals surface area contributed by atoms with Crippen LogP contribution in [0.4, 0.5) is 11.4 Å². The van der Waals surface area contributed by atoms with Gasteiger partial charge in [-0.3, -0.25) is 14.2 Å². The van der Waals surface area contributed by atoms with Crippen LogP contribution in [0.5, 0.6) is 0 Å². The van der Waals surface area contributed by atoms with Crippen LogP contribution in [-0.2, 0) is 6.42 Å². The lowest BCUT2D eigenvalue weighted by Crippen LogP contribution is -2.32. The summed E-state index contributed by atoms with van der Waals surface area (Å²) in [4.78, 5) is 27.8. The van der Waals surface area contributed by atoms with Crippen molar-refractivity contribution in [3.05, 3.63) is 99.6 Å². The van der Waals surface area contributed by atoms with Crippen molar-refractivity contribution >= 4 is 46.4 Å². The molecule has 5 rings (SSSR count). The topological polar surface area (TPSA) is 80.1 Å². The van der Waals surface area contributed by atoms with Crippen LogP contribution in [0.3, 0.4) is 0 Å². The van der Waals surface area contributed by atoms with E-state index in [-0.39, 0.29) is 16.8 Å². The number of rotatable bonds is 3. The molecular weight excluding hydrogens is 473 g/mol. The number of hydrogen-bond donors (Lipinski definition) is 1. The van der Waals surface area contributed by atoms with Gasteiger partial charge in [0.2, 0.25) is 0 Å². The molecule has 0 aliphatic carbocycles. The van der Waals surface area contributed by atoms with Crippen molar-refractivity contribution in [2.45, 2.75) is 13.3 Å². The van der Waals surface area contributed by atoms with Gasteiger partial charge in [-0.25, -0.2) is 0 Å². The molecule has 1 aliphatic heterocycles. The molecule has 170 valence electrons. The minimum absolute atomic E-state index is 0.137. The van der Waals surface area contributed by atoms with Gasteiger partial charge in [-0.15, -0.1) is 10.2 Å². The van der Waals surface area contributed by atoms with Gasteiger partial charge >= 0.3 is 0 Å². The van der Waals surface area contributed by atoms with Crippen LogP contribution in [0.15, 0.2) is 66.7 Å². The number of nitrogens with one attached hydrogen (secondary N) is 1. The highest BCUT2D eigenvalue weighted by Crippen LogP contribution is 2.31. The van der Waals surface area contributed by atoms with Crippen LogP contribution in [0.2, 0.25) is 10.0 Å². The van der Waals surface area contributed by atoms with Gasteiger partial charge in [-0.05, 0) is 61.5 Å². The van der Waals surface area contributed by atoms with Crippen LogP contribution in [-0.4, -0.2) is 33.1 Å². The number of halogens is 2. The summed E-state index contributed by atoms with van der Waals surface area (Å²) in [6.45, 7) is 2.37. The standard InChI is InChI=1S/C25H19Cl2N5O2/c1-15-29-30-23-12-13-31(21-4-2-3-5-22(21)32(15)23)25(34)16-6-9-18(10-7-16)28-24(33)19-11-8-17(26)14-20(19)27/h2-11,14H,12-13H2,1H3,(H,28,33). The van der Waals surface area contributed by atoms with E-state index in [4.69, 9.17) is 23.2 Å². The number of anilines is 2. The molecule has 7 nitrogen and oxygen atoms in total. The molecule has 0 radical (unpaired) electrons. The van der Waals surface area contributed by atoms with Gasteiger partial charge in [0.15, 0.2) is 0 Å². The van der Waals surface area contributed by atoms with Crippen LogP contribution in [0.25, 0.3) is 5.69 Å². The normalized spacial score (nSPS) is 12.5. The zero-order valence-corrected chi connectivity index (χ0v) is 19.6. The summed E-state index contributed by atoms with van der Waals surface area (Å²) in [5.74, 6) is 1.10. The zero-order valence-electron chi connectivity index (χ0n) is 18.1. The van der Waals surface area contributed by atoms with Crippen molar-refractivity contribution in [3.8, 4) is 5.69 Å². The Morgan fingerprint density at radius 1 is 0.941 bits per heavy atom. The van der Waals surface area contributed by atoms with Gasteiger partial charge in [0, 0.05) is 29.2 Å². The molecule has 9 heteroatoms. The number of nitrogens with zero attached hydrogens (tertiary/aromatic N) is 4. The number of carbonyl (C=O) groups is 2. The van der Waals surface area contributed by atoms with Crippen molar-refractivity contribution < 1.29 is 9.59 Å². The minimum Gasteiger partial charge on any atom is -0.322 e. The van der Waals surface area contributed by atoms with E-state index in [1.807, 2.05) is 35.8 Å². The Hall–Kier alpha value is -3.68. The molecule has 0 atom stereocenters. The maximum Gasteiger partial charge on any atom is 0.258 e. The van der Waals surface area contributed by atoms with E-state index in [2.05, 4.69) is 15.5 Å². The second-order valence-corrected chi connectivity index (χ2v) is 8.69. The second kappa shape index (κ2) is 8.93. The smallest absolute Gasteiger partial charge is 0.258 e. The van der Waals surface area contributed by atoms with Crippen molar-refractivity contribution in [3.63, 3.8) is 0 Å². The van der Waals surface area contributed by atoms with Crippen molar-refractivity contribution in [2.24, 2.45) is 0 Å². The molecule has 2 heterocycles. The Bertz CT molecular complexity index is 1420. The third-order valence-corrected chi connectivity index (χ3v) is 6.22. The number of aryl methyl sites for hydroxylation is 1. The van der Waals surface area contributed by atoms with Crippen molar-refractivity contribution in [1.82, 2.24) is 14.8 Å². The molecule has 0 bridgehead atoms. The minimum atomic E-state index is -0.361. The summed E-state index contributed by atoms with van der Waals surface area (Å²) in [5.41, 5.74) is 3.03. The first-order chi connectivity index (χ1) is 16.4. The lowest BCUT2D eigenvalue weighted by Gasteiger charge is -2.23. The van der Waals surface area contributed by atoms with Crippen molar-refractivity contribution in [1.29, 1.82) is 0 Å². The number of hydrogen-bond acceptors (Lipinski definition) is 4. The molecule has 4 aromatic rings. The van der Waals surface area contributed by atoms with Gasteiger partial charge in [0.25, 0.3) is 11.8 Å². The molecule has 0 fully saturated rings. The monoisotopic (exact) mass is 491 g/mol. The number of para-hydroxylation sites is 2. The van der Waals surface area contributed by atoms with E-state index in [1.165, 1.54) is 6.07 Å². The van der Waals surface area contributed by atoms with Crippen LogP contribution >= 0.6 is 23.2 Å². The molecule has 1 aliphatic rings. The van der Waals surface area contributed by atoms with Crippen LogP contribution in [0.1, 0.15) is 32.4 Å². The summed E-state index contributed by atoms with van der Waals surface area (Å²) < 4.78 is 1.99. The quantitative estimate of drug-likeness (QED) is 0.419. The summed E-state index contributed by atoms with van der Waals surface area (Å²) in [5, 5.41) is 12.0. The first-order valence-corrected chi connectivity index (χ1v) is 11.4. The fourth-order valence-corrected chi connectivity index (χ4v) is 4.52. The van der Waals surface area contributed by atoms with E-state index in [0.717, 1.165) is 23.0 Å². The molecule has 0 spiro atoms. The average molecular weight is 492 g/mol. The van der Waals surface area contributed by atoms with Crippen LogP contribution in [0, 0.1) is 6.92 Å². The summed E-state index contributed by atoms with van der Waals surface area (Å²) >= 11 is 12.0. The third-order valence-electron chi connectivity index (χ3n) is 5.67. The number of fused-ring (bicyclic) bond motifs is 3. The Morgan fingerprint density at radius 3 is 2.41 bits per heavy atom. The predicted molar refractivity (Wildman–Crippen MR) is 132 cm³/mol. The highest BCUT2D eigenvalue weighted by atomic mass is 35.5. The number of amides is 2. The third kappa shape index (κ3) is 4.04. The molecule has 34 heavy (non-hydrogen) atoms. The van der Waals surface area contributed by atoms with E-state index >= 15 is 0 Å². The van der Waals surface area contributed by atoms with Crippen LogP contribution < -0.4 is 10.2 Å². The van der Waals surface area contributed by atoms with Gasteiger partial charge in [0.05, 0.1) is 22.0 Å². The van der Waals surface area contributed by atoms with E-state index in [1.54, 1.807) is 41.3 Å². The Kier molecular flexibility index (Phi) is 5.81. The molecule has 1 N–H and O–H groups in total. The van der Waals surface area contributed by atoms with Gasteiger partial charge in [0.1, 0.15) is 11.6 Å². The lowest BCUT2D eigenvalue weighted by molar-refractivity contribution is 0.0986.